The summed E-state index contributed by atoms with van der Waals surface area (Å²) >= 11 is 0. The Morgan fingerprint density at radius 2 is 2.00 bits per heavy atom. The van der Waals surface area contributed by atoms with Crippen molar-refractivity contribution in [2.24, 2.45) is 5.92 Å². The smallest absolute Gasteiger partial charge is 0.123 e. The zero-order chi connectivity index (χ0) is 20.3. The largest absolute Gasteiger partial charge is 0.371 e. The molecule has 1 aromatic heterocycles. The minimum atomic E-state index is -0.211. The number of hydrogen-bond acceptors (Lipinski definition) is 3. The number of nitrogens with zero attached hydrogens (tertiary/aromatic N) is 3. The second kappa shape index (κ2) is 8.46. The molecule has 2 aromatic rings. The van der Waals surface area contributed by atoms with Crippen LogP contribution in [0.25, 0.3) is 5.70 Å². The molecule has 4 nitrogen and oxygen atoms in total. The van der Waals surface area contributed by atoms with Crippen LogP contribution in [0.3, 0.4) is 0 Å². The zero-order valence-electron chi connectivity index (χ0n) is 17.2. The highest BCUT2D eigenvalue weighted by Gasteiger charge is 2.24. The SMILES string of the molecule is C=C(c1cccnc(C)c(C)n(NCc2ccc(F)cc2C)c1)N1CC(C)C1. The number of nitrogens with one attached hydrogen (secondary N) is 1. The Bertz CT molecular complexity index is 924. The molecule has 5 heteroatoms. The number of benzene rings is 1. The fourth-order valence-electron chi connectivity index (χ4n) is 3.31. The molecule has 3 rings (SSSR count). The predicted molar refractivity (Wildman–Crippen MR) is 113 cm³/mol. The van der Waals surface area contributed by atoms with Crippen molar-refractivity contribution in [2.45, 2.75) is 34.2 Å². The van der Waals surface area contributed by atoms with Crippen molar-refractivity contribution >= 4 is 5.70 Å². The van der Waals surface area contributed by atoms with Gasteiger partial charge in [0.15, 0.2) is 0 Å². The first-order valence-electron chi connectivity index (χ1n) is 9.67. The van der Waals surface area contributed by atoms with Gasteiger partial charge in [-0.15, -0.1) is 0 Å². The fraction of sp³-hybridized carbons (Fsp3) is 0.348. The van der Waals surface area contributed by atoms with E-state index in [1.165, 1.54) is 6.07 Å². The quantitative estimate of drug-likeness (QED) is 0.813. The molecule has 28 heavy (non-hydrogen) atoms. The molecule has 0 atom stereocenters. The Morgan fingerprint density at radius 1 is 1.25 bits per heavy atom. The van der Waals surface area contributed by atoms with E-state index >= 15 is 0 Å². The van der Waals surface area contributed by atoms with Gasteiger partial charge in [-0.2, -0.15) is 0 Å². The summed E-state index contributed by atoms with van der Waals surface area (Å²) in [4.78, 5) is 6.80. The summed E-state index contributed by atoms with van der Waals surface area (Å²) in [6.45, 7) is 15.2. The standard InChI is InChI=1S/C23H29FN4/c1-16-13-27(14-16)20(5)22-7-6-10-25-18(3)19(4)28(15-22)26-12-21-8-9-23(24)11-17(21)2/h6-11,15-16,26H,5,12-14H2,1-4H3. The van der Waals surface area contributed by atoms with Crippen LogP contribution in [0, 0.1) is 32.5 Å². The van der Waals surface area contributed by atoms with Gasteiger partial charge in [-0.05, 0) is 62.1 Å². The van der Waals surface area contributed by atoms with Gasteiger partial charge in [0.05, 0.1) is 17.9 Å². The molecule has 1 fully saturated rings. The summed E-state index contributed by atoms with van der Waals surface area (Å²) in [5.41, 5.74) is 9.41. The van der Waals surface area contributed by atoms with Crippen LogP contribution in [0.15, 0.2) is 49.3 Å². The molecule has 1 aliphatic rings. The molecule has 1 aliphatic heterocycles. The van der Waals surface area contributed by atoms with Gasteiger partial charge in [0.2, 0.25) is 0 Å². The summed E-state index contributed by atoms with van der Waals surface area (Å²) in [6, 6.07) is 8.87. The van der Waals surface area contributed by atoms with Crippen molar-refractivity contribution in [1.29, 1.82) is 0 Å². The third kappa shape index (κ3) is 4.53. The van der Waals surface area contributed by atoms with Crippen molar-refractivity contribution in [3.63, 3.8) is 0 Å². The topological polar surface area (TPSA) is 33.1 Å². The molecule has 0 aliphatic carbocycles. The van der Waals surface area contributed by atoms with Gasteiger partial charge in [-0.25, -0.2) is 4.39 Å². The van der Waals surface area contributed by atoms with Crippen molar-refractivity contribution in [3.05, 3.63) is 83.2 Å². The maximum absolute atomic E-state index is 13.4. The van der Waals surface area contributed by atoms with Crippen molar-refractivity contribution < 1.29 is 4.39 Å². The monoisotopic (exact) mass is 380 g/mol. The number of aryl methyl sites for hydroxylation is 2. The Kier molecular flexibility index (Phi) is 6.02. The first-order valence-corrected chi connectivity index (χ1v) is 9.67. The van der Waals surface area contributed by atoms with Gasteiger partial charge in [0.25, 0.3) is 0 Å². The van der Waals surface area contributed by atoms with Crippen LogP contribution in [0.4, 0.5) is 4.39 Å². The van der Waals surface area contributed by atoms with Crippen LogP contribution >= 0.6 is 0 Å². The lowest BCUT2D eigenvalue weighted by atomic mass is 10.0. The van der Waals surface area contributed by atoms with Crippen LogP contribution < -0.4 is 5.43 Å². The normalized spacial score (nSPS) is 13.7. The van der Waals surface area contributed by atoms with Gasteiger partial charge >= 0.3 is 0 Å². The third-order valence-electron chi connectivity index (χ3n) is 5.31. The zero-order valence-corrected chi connectivity index (χ0v) is 17.2. The molecule has 0 unspecified atom stereocenters. The first kappa shape index (κ1) is 19.9. The van der Waals surface area contributed by atoms with E-state index in [1.54, 1.807) is 6.07 Å². The van der Waals surface area contributed by atoms with Gasteiger partial charge in [0, 0.05) is 36.7 Å². The maximum atomic E-state index is 13.4. The number of hydrogen-bond donors (Lipinski definition) is 1. The minimum absolute atomic E-state index is 0.211. The highest BCUT2D eigenvalue weighted by molar-refractivity contribution is 5.61. The second-order valence-corrected chi connectivity index (χ2v) is 7.63. The molecule has 148 valence electrons. The summed E-state index contributed by atoms with van der Waals surface area (Å²) in [7, 11) is 0. The second-order valence-electron chi connectivity index (χ2n) is 7.63. The highest BCUT2D eigenvalue weighted by Crippen LogP contribution is 2.25. The molecule has 0 radical (unpaired) electrons. The Labute approximate surface area is 167 Å². The Balaban J connectivity index is 1.95. The van der Waals surface area contributed by atoms with E-state index < -0.39 is 0 Å². The van der Waals surface area contributed by atoms with Gasteiger partial charge in [-0.3, -0.25) is 9.66 Å². The fourth-order valence-corrected chi connectivity index (χ4v) is 3.31. The molecule has 2 heterocycles. The lowest BCUT2D eigenvalue weighted by Gasteiger charge is -2.40. The number of rotatable bonds is 5. The van der Waals surface area contributed by atoms with Crippen LogP contribution in [0.5, 0.6) is 0 Å². The van der Waals surface area contributed by atoms with E-state index in [-0.39, 0.29) is 5.82 Å². The third-order valence-corrected chi connectivity index (χ3v) is 5.31. The van der Waals surface area contributed by atoms with E-state index in [9.17, 15) is 4.39 Å². The summed E-state index contributed by atoms with van der Waals surface area (Å²) < 4.78 is 15.4. The summed E-state index contributed by atoms with van der Waals surface area (Å²) in [5.74, 6) is 0.497. The average Bonchev–Trinajstić information content (AvgIpc) is 2.69. The molecule has 0 spiro atoms. The van der Waals surface area contributed by atoms with Crippen molar-refractivity contribution in [3.8, 4) is 0 Å². The molecule has 1 saturated heterocycles. The summed E-state index contributed by atoms with van der Waals surface area (Å²) in [5, 5.41) is 0. The average molecular weight is 381 g/mol. The van der Waals surface area contributed by atoms with E-state index in [4.69, 9.17) is 0 Å². The minimum Gasteiger partial charge on any atom is -0.371 e. The van der Waals surface area contributed by atoms with Crippen LogP contribution in [-0.4, -0.2) is 27.6 Å². The van der Waals surface area contributed by atoms with Crippen LogP contribution in [-0.2, 0) is 6.54 Å². The highest BCUT2D eigenvalue weighted by atomic mass is 19.1. The van der Waals surface area contributed by atoms with Gasteiger partial charge < -0.3 is 10.3 Å². The van der Waals surface area contributed by atoms with Crippen molar-refractivity contribution in [1.82, 2.24) is 14.6 Å². The van der Waals surface area contributed by atoms with Crippen molar-refractivity contribution in [2.75, 3.05) is 18.5 Å². The number of aromatic nitrogens is 2. The summed E-state index contributed by atoms with van der Waals surface area (Å²) in [6.07, 6.45) is 3.88. The van der Waals surface area contributed by atoms with E-state index in [2.05, 4.69) is 35.0 Å². The lowest BCUT2D eigenvalue weighted by molar-refractivity contribution is 0.192. The predicted octanol–water partition coefficient (Wildman–Crippen LogP) is 4.74. The lowest BCUT2D eigenvalue weighted by Crippen LogP contribution is -2.43. The van der Waals surface area contributed by atoms with E-state index in [1.807, 2.05) is 49.8 Å². The van der Waals surface area contributed by atoms with Gasteiger partial charge in [-0.1, -0.05) is 19.6 Å². The maximum Gasteiger partial charge on any atom is 0.123 e. The van der Waals surface area contributed by atoms with Crippen LogP contribution in [0.1, 0.15) is 35.0 Å². The molecule has 0 saturated carbocycles. The Hall–Kier alpha value is -2.82. The molecular weight excluding hydrogens is 351 g/mol. The van der Waals surface area contributed by atoms with Gasteiger partial charge in [0.1, 0.15) is 5.82 Å². The molecule has 1 aromatic carbocycles. The molecule has 0 amide bonds. The molecule has 1 N–H and O–H groups in total. The Morgan fingerprint density at radius 3 is 2.68 bits per heavy atom. The van der Waals surface area contributed by atoms with Crippen LogP contribution in [0.2, 0.25) is 0 Å². The van der Waals surface area contributed by atoms with E-state index in [0.717, 1.165) is 46.9 Å². The number of halogens is 1. The van der Waals surface area contributed by atoms with E-state index in [0.29, 0.717) is 12.5 Å². The number of likely N-dealkylation sites (tertiary alicyclic amines) is 1. The molecule has 0 bridgehead atoms. The molecular formula is C23H29FN4. The first-order chi connectivity index (χ1) is 13.3.